The molecule has 188 valence electrons. The number of anilines is 2. The number of para-hydroxylation sites is 1. The molecule has 9 nitrogen and oxygen atoms in total. The van der Waals surface area contributed by atoms with Gasteiger partial charge in [-0.3, -0.25) is 13.9 Å². The minimum absolute atomic E-state index is 0.145. The van der Waals surface area contributed by atoms with Gasteiger partial charge < -0.3 is 19.7 Å². The average molecular weight is 510 g/mol. The number of amides is 2. The minimum atomic E-state index is -3.76. The standard InChI is InChI=1S/C26H27N3O6S/c1-36(32,33)29(22-11-7-20(8-12-22)26(31)28-15-17-34-18-16-28)19-25(30)27-21-9-13-24(14-10-21)35-23-5-3-2-4-6-23/h2-14H,15-19H2,1H3,(H,27,30). The first-order valence-corrected chi connectivity index (χ1v) is 13.2. The van der Waals surface area contributed by atoms with Crippen LogP contribution in [0.25, 0.3) is 0 Å². The highest BCUT2D eigenvalue weighted by Crippen LogP contribution is 2.23. The van der Waals surface area contributed by atoms with E-state index < -0.39 is 22.5 Å². The van der Waals surface area contributed by atoms with Gasteiger partial charge in [0.05, 0.1) is 25.2 Å². The molecule has 4 rings (SSSR count). The lowest BCUT2D eigenvalue weighted by Gasteiger charge is -2.27. The first-order chi connectivity index (χ1) is 17.3. The second-order valence-electron chi connectivity index (χ2n) is 8.21. The van der Waals surface area contributed by atoms with Gasteiger partial charge in [0.1, 0.15) is 18.0 Å². The fourth-order valence-corrected chi connectivity index (χ4v) is 4.54. The van der Waals surface area contributed by atoms with Gasteiger partial charge >= 0.3 is 0 Å². The molecule has 1 aliphatic rings. The molecule has 0 radical (unpaired) electrons. The molecule has 2 amide bonds. The summed E-state index contributed by atoms with van der Waals surface area (Å²) in [6, 6.07) is 22.2. The Balaban J connectivity index is 1.40. The summed E-state index contributed by atoms with van der Waals surface area (Å²) < 4.78 is 36.9. The van der Waals surface area contributed by atoms with Crippen molar-refractivity contribution in [1.29, 1.82) is 0 Å². The van der Waals surface area contributed by atoms with Gasteiger partial charge in [0.15, 0.2) is 0 Å². The summed E-state index contributed by atoms with van der Waals surface area (Å²) in [6.45, 7) is 1.58. The summed E-state index contributed by atoms with van der Waals surface area (Å²) in [5.74, 6) is 0.637. The molecule has 0 saturated carbocycles. The van der Waals surface area contributed by atoms with Crippen LogP contribution in [0, 0.1) is 0 Å². The predicted octanol–water partition coefficient (Wildman–Crippen LogP) is 3.36. The van der Waals surface area contributed by atoms with E-state index in [0.717, 1.165) is 10.6 Å². The van der Waals surface area contributed by atoms with Crippen LogP contribution in [0.2, 0.25) is 0 Å². The number of nitrogens with one attached hydrogen (secondary N) is 1. The van der Waals surface area contributed by atoms with Crippen LogP contribution in [-0.2, 0) is 19.6 Å². The zero-order valence-corrected chi connectivity index (χ0v) is 20.6. The Bertz CT molecular complexity index is 1290. The van der Waals surface area contributed by atoms with Crippen molar-refractivity contribution in [2.45, 2.75) is 0 Å². The number of sulfonamides is 1. The number of benzene rings is 3. The Morgan fingerprint density at radius 2 is 1.53 bits per heavy atom. The highest BCUT2D eigenvalue weighted by atomic mass is 32.2. The molecular weight excluding hydrogens is 482 g/mol. The summed E-state index contributed by atoms with van der Waals surface area (Å²) in [6.07, 6.45) is 1.03. The molecule has 0 aliphatic carbocycles. The molecule has 1 saturated heterocycles. The molecular formula is C26H27N3O6S. The summed E-state index contributed by atoms with van der Waals surface area (Å²) in [5, 5.41) is 2.70. The van der Waals surface area contributed by atoms with Gasteiger partial charge in [-0.15, -0.1) is 0 Å². The molecule has 3 aromatic carbocycles. The Kier molecular flexibility index (Phi) is 7.87. The highest BCUT2D eigenvalue weighted by Gasteiger charge is 2.23. The quantitative estimate of drug-likeness (QED) is 0.499. The Labute approximate surface area is 210 Å². The fourth-order valence-electron chi connectivity index (χ4n) is 3.68. The van der Waals surface area contributed by atoms with Crippen molar-refractivity contribution >= 4 is 33.2 Å². The van der Waals surface area contributed by atoms with Gasteiger partial charge in [0, 0.05) is 24.3 Å². The average Bonchev–Trinajstić information content (AvgIpc) is 2.89. The Hall–Kier alpha value is -3.89. The van der Waals surface area contributed by atoms with Crippen LogP contribution in [0.5, 0.6) is 11.5 Å². The van der Waals surface area contributed by atoms with Gasteiger partial charge in [0.2, 0.25) is 15.9 Å². The lowest BCUT2D eigenvalue weighted by atomic mass is 10.1. The number of ether oxygens (including phenoxy) is 2. The van der Waals surface area contributed by atoms with Gasteiger partial charge in [-0.25, -0.2) is 8.42 Å². The largest absolute Gasteiger partial charge is 0.457 e. The second-order valence-corrected chi connectivity index (χ2v) is 10.1. The maximum absolute atomic E-state index is 12.7. The van der Waals surface area contributed by atoms with E-state index in [-0.39, 0.29) is 11.6 Å². The molecule has 0 atom stereocenters. The van der Waals surface area contributed by atoms with Gasteiger partial charge in [-0.2, -0.15) is 0 Å². The van der Waals surface area contributed by atoms with Crippen LogP contribution in [0.4, 0.5) is 11.4 Å². The van der Waals surface area contributed by atoms with Crippen molar-refractivity contribution in [3.63, 3.8) is 0 Å². The van der Waals surface area contributed by atoms with E-state index in [4.69, 9.17) is 9.47 Å². The Morgan fingerprint density at radius 3 is 2.14 bits per heavy atom. The first-order valence-electron chi connectivity index (χ1n) is 11.4. The summed E-state index contributed by atoms with van der Waals surface area (Å²) in [7, 11) is -3.76. The fraction of sp³-hybridized carbons (Fsp3) is 0.231. The molecule has 1 fully saturated rings. The summed E-state index contributed by atoms with van der Waals surface area (Å²) in [4.78, 5) is 27.0. The molecule has 0 unspecified atom stereocenters. The van der Waals surface area contributed by atoms with Crippen LogP contribution in [0.3, 0.4) is 0 Å². The van der Waals surface area contributed by atoms with E-state index >= 15 is 0 Å². The van der Waals surface area contributed by atoms with E-state index in [0.29, 0.717) is 49.1 Å². The number of hydrogen-bond donors (Lipinski definition) is 1. The normalized spacial score (nSPS) is 13.6. The van der Waals surface area contributed by atoms with E-state index in [9.17, 15) is 18.0 Å². The Morgan fingerprint density at radius 1 is 0.917 bits per heavy atom. The zero-order chi connectivity index (χ0) is 25.5. The monoisotopic (exact) mass is 509 g/mol. The lowest BCUT2D eigenvalue weighted by molar-refractivity contribution is -0.114. The van der Waals surface area contributed by atoms with Gasteiger partial charge in [-0.05, 0) is 60.7 Å². The van der Waals surface area contributed by atoms with E-state index in [1.807, 2.05) is 30.3 Å². The number of nitrogens with zero attached hydrogens (tertiary/aromatic N) is 2. The third-order valence-electron chi connectivity index (χ3n) is 5.51. The topological polar surface area (TPSA) is 105 Å². The van der Waals surface area contributed by atoms with Crippen LogP contribution < -0.4 is 14.4 Å². The van der Waals surface area contributed by atoms with E-state index in [1.54, 1.807) is 41.3 Å². The highest BCUT2D eigenvalue weighted by molar-refractivity contribution is 7.92. The third-order valence-corrected chi connectivity index (χ3v) is 6.65. The smallest absolute Gasteiger partial charge is 0.254 e. The lowest BCUT2D eigenvalue weighted by Crippen LogP contribution is -2.40. The zero-order valence-electron chi connectivity index (χ0n) is 19.8. The number of carbonyl (C=O) groups excluding carboxylic acids is 2. The maximum Gasteiger partial charge on any atom is 0.254 e. The molecule has 0 bridgehead atoms. The van der Waals surface area contributed by atoms with Crippen LogP contribution in [-0.4, -0.2) is 64.2 Å². The van der Waals surface area contributed by atoms with E-state index in [2.05, 4.69) is 5.32 Å². The molecule has 1 heterocycles. The molecule has 10 heteroatoms. The molecule has 1 aliphatic heterocycles. The minimum Gasteiger partial charge on any atom is -0.457 e. The van der Waals surface area contributed by atoms with Crippen molar-refractivity contribution in [3.8, 4) is 11.5 Å². The molecule has 1 N–H and O–H groups in total. The van der Waals surface area contributed by atoms with Crippen molar-refractivity contribution in [2.24, 2.45) is 0 Å². The van der Waals surface area contributed by atoms with Crippen LogP contribution in [0.15, 0.2) is 78.9 Å². The third kappa shape index (κ3) is 6.61. The van der Waals surface area contributed by atoms with Crippen molar-refractivity contribution < 1.29 is 27.5 Å². The number of carbonyl (C=O) groups is 2. The van der Waals surface area contributed by atoms with Crippen molar-refractivity contribution in [2.75, 3.05) is 48.7 Å². The molecule has 0 spiro atoms. The van der Waals surface area contributed by atoms with Crippen molar-refractivity contribution in [3.05, 3.63) is 84.4 Å². The molecule has 3 aromatic rings. The van der Waals surface area contributed by atoms with E-state index in [1.165, 1.54) is 12.1 Å². The predicted molar refractivity (Wildman–Crippen MR) is 137 cm³/mol. The number of morpholine rings is 1. The van der Waals surface area contributed by atoms with Crippen LogP contribution in [0.1, 0.15) is 10.4 Å². The number of rotatable bonds is 8. The summed E-state index contributed by atoms with van der Waals surface area (Å²) >= 11 is 0. The van der Waals surface area contributed by atoms with Crippen molar-refractivity contribution in [1.82, 2.24) is 4.90 Å². The maximum atomic E-state index is 12.7. The summed E-state index contributed by atoms with van der Waals surface area (Å²) in [5.41, 5.74) is 1.23. The van der Waals surface area contributed by atoms with Gasteiger partial charge in [-0.1, -0.05) is 18.2 Å². The molecule has 36 heavy (non-hydrogen) atoms. The first kappa shape index (κ1) is 25.2. The number of hydrogen-bond acceptors (Lipinski definition) is 6. The van der Waals surface area contributed by atoms with Crippen LogP contribution >= 0.6 is 0 Å². The SMILES string of the molecule is CS(=O)(=O)N(CC(=O)Nc1ccc(Oc2ccccc2)cc1)c1ccc(C(=O)N2CCOCC2)cc1. The second kappa shape index (κ2) is 11.2. The van der Waals surface area contributed by atoms with Gasteiger partial charge in [0.25, 0.3) is 5.91 Å². The molecule has 0 aromatic heterocycles.